The summed E-state index contributed by atoms with van der Waals surface area (Å²) in [6, 6.07) is 0. The third-order valence-corrected chi connectivity index (χ3v) is 4.71. The summed E-state index contributed by atoms with van der Waals surface area (Å²) in [6.07, 6.45) is 5.34. The average molecular weight is 261 g/mol. The van der Waals surface area contributed by atoms with E-state index in [1.54, 1.807) is 11.3 Å². The first-order valence-electron chi connectivity index (χ1n) is 4.66. The summed E-state index contributed by atoms with van der Waals surface area (Å²) >= 11 is 5.22. The summed E-state index contributed by atoms with van der Waals surface area (Å²) in [5, 5.41) is 1.28. The summed E-state index contributed by atoms with van der Waals surface area (Å²) in [5.41, 5.74) is 5.60. The molecule has 13 heavy (non-hydrogen) atoms. The highest BCUT2D eigenvalue weighted by molar-refractivity contribution is 9.10. The number of halogens is 1. The van der Waals surface area contributed by atoms with E-state index in [2.05, 4.69) is 20.9 Å². The number of thiazole rings is 1. The van der Waals surface area contributed by atoms with E-state index in [1.165, 1.54) is 35.6 Å². The predicted molar refractivity (Wildman–Crippen MR) is 58.9 cm³/mol. The van der Waals surface area contributed by atoms with Gasteiger partial charge in [0.25, 0.3) is 0 Å². The minimum absolute atomic E-state index is 0.602. The first-order valence-corrected chi connectivity index (χ1v) is 6.27. The Labute approximate surface area is 90.7 Å². The van der Waals surface area contributed by atoms with Crippen molar-refractivity contribution in [2.75, 3.05) is 0 Å². The minimum atomic E-state index is 0.602. The van der Waals surface area contributed by atoms with Crippen LogP contribution in [0.4, 0.5) is 0 Å². The molecule has 0 saturated heterocycles. The molecular weight excluding hydrogens is 248 g/mol. The maximum atomic E-state index is 5.60. The van der Waals surface area contributed by atoms with Gasteiger partial charge in [-0.1, -0.05) is 12.8 Å². The van der Waals surface area contributed by atoms with Crippen molar-refractivity contribution in [3.05, 3.63) is 14.5 Å². The molecule has 0 bridgehead atoms. The lowest BCUT2D eigenvalue weighted by molar-refractivity contribution is 0.715. The summed E-state index contributed by atoms with van der Waals surface area (Å²) in [5.74, 6) is 0.710. The minimum Gasteiger partial charge on any atom is -0.326 e. The van der Waals surface area contributed by atoms with E-state index in [-0.39, 0.29) is 0 Å². The van der Waals surface area contributed by atoms with Crippen LogP contribution >= 0.6 is 27.3 Å². The van der Waals surface area contributed by atoms with E-state index in [9.17, 15) is 0 Å². The van der Waals surface area contributed by atoms with Gasteiger partial charge in [0.05, 0.1) is 9.88 Å². The van der Waals surface area contributed by atoms with Crippen molar-refractivity contribution in [1.82, 2.24) is 4.98 Å². The quantitative estimate of drug-likeness (QED) is 0.888. The first-order chi connectivity index (χ1) is 6.31. The van der Waals surface area contributed by atoms with Crippen molar-refractivity contribution < 1.29 is 0 Å². The molecule has 0 amide bonds. The van der Waals surface area contributed by atoms with Crippen LogP contribution in [0.2, 0.25) is 0 Å². The number of hydrogen-bond donors (Lipinski definition) is 1. The van der Waals surface area contributed by atoms with E-state index < -0.39 is 0 Å². The van der Waals surface area contributed by atoms with Crippen LogP contribution in [0.1, 0.15) is 41.5 Å². The van der Waals surface area contributed by atoms with Crippen LogP contribution in [-0.4, -0.2) is 4.98 Å². The summed E-state index contributed by atoms with van der Waals surface area (Å²) in [6.45, 7) is 0.602. The second kappa shape index (κ2) is 4.07. The maximum Gasteiger partial charge on any atom is 0.121 e. The van der Waals surface area contributed by atoms with Crippen LogP contribution in [0, 0.1) is 0 Å². The molecule has 1 heterocycles. The van der Waals surface area contributed by atoms with E-state index in [4.69, 9.17) is 5.73 Å². The number of aromatic nitrogens is 1. The molecule has 1 aromatic rings. The van der Waals surface area contributed by atoms with Crippen LogP contribution < -0.4 is 5.73 Å². The molecule has 4 heteroatoms. The monoisotopic (exact) mass is 260 g/mol. The lowest BCUT2D eigenvalue weighted by Gasteiger charge is -2.01. The van der Waals surface area contributed by atoms with Crippen molar-refractivity contribution in [1.29, 1.82) is 0 Å². The Morgan fingerprint density at radius 2 is 2.15 bits per heavy atom. The zero-order valence-corrected chi connectivity index (χ0v) is 9.83. The Morgan fingerprint density at radius 1 is 1.46 bits per heavy atom. The Balaban J connectivity index is 2.20. The normalized spacial score (nSPS) is 18.3. The van der Waals surface area contributed by atoms with E-state index >= 15 is 0 Å². The Bertz CT molecular complexity index is 292. The van der Waals surface area contributed by atoms with Gasteiger partial charge in [-0.25, -0.2) is 4.98 Å². The lowest BCUT2D eigenvalue weighted by atomic mass is 10.1. The maximum absolute atomic E-state index is 5.60. The van der Waals surface area contributed by atoms with Gasteiger partial charge in [-0.3, -0.25) is 0 Å². The SMILES string of the molecule is NCc1sc(C2CCCC2)nc1Br. The molecule has 1 fully saturated rings. The van der Waals surface area contributed by atoms with Crippen LogP contribution in [-0.2, 0) is 6.54 Å². The first kappa shape index (κ1) is 9.62. The van der Waals surface area contributed by atoms with E-state index in [0.29, 0.717) is 12.5 Å². The molecule has 0 aliphatic heterocycles. The number of nitrogens with two attached hydrogens (primary N) is 1. The molecule has 2 nitrogen and oxygen atoms in total. The molecule has 72 valence electrons. The largest absolute Gasteiger partial charge is 0.326 e. The molecule has 0 aromatic carbocycles. The van der Waals surface area contributed by atoms with Crippen molar-refractivity contribution in [3.63, 3.8) is 0 Å². The molecule has 2 rings (SSSR count). The summed E-state index contributed by atoms with van der Waals surface area (Å²) in [7, 11) is 0. The van der Waals surface area contributed by atoms with Gasteiger partial charge in [0.15, 0.2) is 0 Å². The molecule has 1 saturated carbocycles. The molecule has 1 aromatic heterocycles. The van der Waals surface area contributed by atoms with Gasteiger partial charge >= 0.3 is 0 Å². The van der Waals surface area contributed by atoms with Crippen LogP contribution in [0.25, 0.3) is 0 Å². The highest BCUT2D eigenvalue weighted by atomic mass is 79.9. The van der Waals surface area contributed by atoms with Gasteiger partial charge in [0.1, 0.15) is 4.60 Å². The second-order valence-electron chi connectivity index (χ2n) is 3.45. The van der Waals surface area contributed by atoms with Crippen molar-refractivity contribution in [2.24, 2.45) is 5.73 Å². The second-order valence-corrected chi connectivity index (χ2v) is 5.32. The van der Waals surface area contributed by atoms with E-state index in [1.807, 2.05) is 0 Å². The highest BCUT2D eigenvalue weighted by Gasteiger charge is 2.21. The Kier molecular flexibility index (Phi) is 3.01. The number of hydrogen-bond acceptors (Lipinski definition) is 3. The third kappa shape index (κ3) is 1.95. The zero-order chi connectivity index (χ0) is 9.26. The summed E-state index contributed by atoms with van der Waals surface area (Å²) < 4.78 is 0.960. The molecule has 2 N–H and O–H groups in total. The molecule has 0 atom stereocenters. The van der Waals surface area contributed by atoms with Gasteiger partial charge in [0, 0.05) is 12.5 Å². The molecule has 0 spiro atoms. The van der Waals surface area contributed by atoms with Crippen molar-refractivity contribution in [3.8, 4) is 0 Å². The molecule has 0 radical (unpaired) electrons. The van der Waals surface area contributed by atoms with Gasteiger partial charge in [-0.05, 0) is 28.8 Å². The molecule has 1 aliphatic rings. The fraction of sp³-hybridized carbons (Fsp3) is 0.667. The molecule has 1 aliphatic carbocycles. The topological polar surface area (TPSA) is 38.9 Å². The smallest absolute Gasteiger partial charge is 0.121 e. The van der Waals surface area contributed by atoms with Gasteiger partial charge in [0.2, 0.25) is 0 Å². The Morgan fingerprint density at radius 3 is 2.69 bits per heavy atom. The summed E-state index contributed by atoms with van der Waals surface area (Å²) in [4.78, 5) is 5.70. The fourth-order valence-corrected chi connectivity index (χ4v) is 3.54. The van der Waals surface area contributed by atoms with Gasteiger partial charge < -0.3 is 5.73 Å². The van der Waals surface area contributed by atoms with Gasteiger partial charge in [-0.15, -0.1) is 11.3 Å². The van der Waals surface area contributed by atoms with Gasteiger partial charge in [-0.2, -0.15) is 0 Å². The fourth-order valence-electron chi connectivity index (χ4n) is 1.82. The number of rotatable bonds is 2. The van der Waals surface area contributed by atoms with Crippen molar-refractivity contribution >= 4 is 27.3 Å². The highest BCUT2D eigenvalue weighted by Crippen LogP contribution is 2.38. The molecular formula is C9H13BrN2S. The zero-order valence-electron chi connectivity index (χ0n) is 7.42. The van der Waals surface area contributed by atoms with Crippen LogP contribution in [0.15, 0.2) is 4.60 Å². The van der Waals surface area contributed by atoms with Crippen LogP contribution in [0.3, 0.4) is 0 Å². The third-order valence-electron chi connectivity index (χ3n) is 2.56. The molecule has 0 unspecified atom stereocenters. The average Bonchev–Trinajstić information content (AvgIpc) is 2.71. The Hall–Kier alpha value is 0.0700. The van der Waals surface area contributed by atoms with Crippen LogP contribution in [0.5, 0.6) is 0 Å². The predicted octanol–water partition coefficient (Wildman–Crippen LogP) is 3.02. The number of nitrogens with zero attached hydrogens (tertiary/aromatic N) is 1. The lowest BCUT2D eigenvalue weighted by Crippen LogP contribution is -1.92. The van der Waals surface area contributed by atoms with E-state index in [0.717, 1.165) is 4.60 Å². The standard InChI is InChI=1S/C9H13BrN2S/c10-8-7(5-11)13-9(12-8)6-3-1-2-4-6/h6H,1-5,11H2. The van der Waals surface area contributed by atoms with Crippen molar-refractivity contribution in [2.45, 2.75) is 38.1 Å².